The number of hydrogen-bond acceptors (Lipinski definition) is 6. The van der Waals surface area contributed by atoms with Gasteiger partial charge in [0.25, 0.3) is 0 Å². The monoisotopic (exact) mass is 368 g/mol. The molecule has 2 rings (SSSR count). The number of ether oxygens (including phenoxy) is 2. The van der Waals surface area contributed by atoms with Crippen LogP contribution in [0.5, 0.6) is 0 Å². The van der Waals surface area contributed by atoms with Crippen LogP contribution < -0.4 is 11.5 Å². The van der Waals surface area contributed by atoms with E-state index in [1.54, 1.807) is 0 Å². The second-order valence-corrected chi connectivity index (χ2v) is 8.32. The molecule has 0 heterocycles. The van der Waals surface area contributed by atoms with E-state index in [0.717, 1.165) is 51.4 Å². The molecule has 2 saturated carbocycles. The molecule has 0 spiro atoms. The summed E-state index contributed by atoms with van der Waals surface area (Å²) in [6.45, 7) is 1.28. The summed E-state index contributed by atoms with van der Waals surface area (Å²) in [6.07, 6.45) is 11.7. The molecule has 2 aliphatic rings. The van der Waals surface area contributed by atoms with Crippen LogP contribution in [0.2, 0.25) is 0 Å². The summed E-state index contributed by atoms with van der Waals surface area (Å²) in [6, 6.07) is 0. The predicted molar refractivity (Wildman–Crippen MR) is 100 cm³/mol. The highest BCUT2D eigenvalue weighted by molar-refractivity contribution is 5.71. The first-order chi connectivity index (χ1) is 12.5. The van der Waals surface area contributed by atoms with Crippen LogP contribution in [0.1, 0.15) is 77.0 Å². The van der Waals surface area contributed by atoms with Crippen LogP contribution in [0, 0.1) is 10.8 Å². The van der Waals surface area contributed by atoms with Gasteiger partial charge in [-0.25, -0.2) is 0 Å². The number of nitrogens with two attached hydrogens (primary N) is 2. The number of esters is 2. The zero-order valence-corrected chi connectivity index (χ0v) is 16.1. The lowest BCUT2D eigenvalue weighted by molar-refractivity contribution is -0.155. The highest BCUT2D eigenvalue weighted by Crippen LogP contribution is 2.39. The van der Waals surface area contributed by atoms with E-state index in [-0.39, 0.29) is 36.0 Å². The Labute approximate surface area is 157 Å². The van der Waals surface area contributed by atoms with Crippen molar-refractivity contribution in [2.75, 3.05) is 26.3 Å². The Bertz CT molecular complexity index is 413. The van der Waals surface area contributed by atoms with Crippen molar-refractivity contribution in [3.8, 4) is 0 Å². The Morgan fingerprint density at radius 3 is 1.31 bits per heavy atom. The molecule has 6 heteroatoms. The number of carbonyl (C=O) groups excluding carboxylic acids is 2. The zero-order valence-electron chi connectivity index (χ0n) is 16.1. The fourth-order valence-electron chi connectivity index (χ4n) is 4.54. The first kappa shape index (κ1) is 21.2. The van der Waals surface area contributed by atoms with E-state index in [1.807, 2.05) is 0 Å². The Morgan fingerprint density at radius 2 is 1.00 bits per heavy atom. The third-order valence-corrected chi connectivity index (χ3v) is 6.34. The number of rotatable bonds is 9. The lowest BCUT2D eigenvalue weighted by atomic mass is 9.72. The minimum atomic E-state index is -0.237. The molecule has 0 aromatic rings. The fraction of sp³-hybridized carbons (Fsp3) is 0.900. The third kappa shape index (κ3) is 6.23. The molecule has 4 N–H and O–H groups in total. The minimum absolute atomic E-state index is 0.0967. The van der Waals surface area contributed by atoms with Crippen molar-refractivity contribution in [3.63, 3.8) is 0 Å². The summed E-state index contributed by atoms with van der Waals surface area (Å²) in [4.78, 5) is 24.2. The second kappa shape index (κ2) is 10.3. The van der Waals surface area contributed by atoms with Gasteiger partial charge in [0.2, 0.25) is 0 Å². The van der Waals surface area contributed by atoms with Crippen LogP contribution in [0.4, 0.5) is 0 Å². The molecule has 0 aromatic carbocycles. The molecule has 0 saturated heterocycles. The quantitative estimate of drug-likeness (QED) is 0.479. The average Bonchev–Trinajstić information content (AvgIpc) is 2.66. The van der Waals surface area contributed by atoms with Crippen molar-refractivity contribution in [3.05, 3.63) is 0 Å². The van der Waals surface area contributed by atoms with Gasteiger partial charge in [-0.15, -0.1) is 0 Å². The van der Waals surface area contributed by atoms with Gasteiger partial charge in [-0.1, -0.05) is 38.5 Å². The second-order valence-electron chi connectivity index (χ2n) is 8.32. The van der Waals surface area contributed by atoms with Crippen LogP contribution in [0.25, 0.3) is 0 Å². The molecule has 0 amide bonds. The highest BCUT2D eigenvalue weighted by atomic mass is 16.6. The maximum Gasteiger partial charge on any atom is 0.306 e. The van der Waals surface area contributed by atoms with Crippen molar-refractivity contribution in [1.82, 2.24) is 0 Å². The number of carbonyl (C=O) groups is 2. The van der Waals surface area contributed by atoms with Gasteiger partial charge >= 0.3 is 11.9 Å². The van der Waals surface area contributed by atoms with Crippen LogP contribution in [-0.2, 0) is 19.1 Å². The molecule has 26 heavy (non-hydrogen) atoms. The molecule has 0 bridgehead atoms. The van der Waals surface area contributed by atoms with Crippen LogP contribution >= 0.6 is 0 Å². The standard InChI is InChI=1S/C20H36N2O4/c21-15-19(7-3-1-4-8-19)13-17(23)25-11-12-26-18(24)14-20(16-22)9-5-2-6-10-20/h1-16,21-22H2. The Kier molecular flexibility index (Phi) is 8.35. The first-order valence-electron chi connectivity index (χ1n) is 10.2. The normalized spacial score (nSPS) is 21.8. The van der Waals surface area contributed by atoms with Gasteiger partial charge in [0.05, 0.1) is 12.8 Å². The zero-order chi connectivity index (χ0) is 18.9. The molecular formula is C20H36N2O4. The first-order valence-corrected chi connectivity index (χ1v) is 10.2. The summed E-state index contributed by atoms with van der Waals surface area (Å²) in [5, 5.41) is 0. The van der Waals surface area contributed by atoms with E-state index >= 15 is 0 Å². The van der Waals surface area contributed by atoms with Crippen molar-refractivity contribution in [2.24, 2.45) is 22.3 Å². The van der Waals surface area contributed by atoms with E-state index in [0.29, 0.717) is 25.9 Å². The van der Waals surface area contributed by atoms with Gasteiger partial charge < -0.3 is 20.9 Å². The molecule has 0 unspecified atom stereocenters. The molecule has 150 valence electrons. The van der Waals surface area contributed by atoms with Gasteiger partial charge in [0.1, 0.15) is 13.2 Å². The summed E-state index contributed by atoms with van der Waals surface area (Å²) in [5.74, 6) is -0.474. The summed E-state index contributed by atoms with van der Waals surface area (Å²) in [7, 11) is 0. The van der Waals surface area contributed by atoms with Gasteiger partial charge in [-0.3, -0.25) is 9.59 Å². The van der Waals surface area contributed by atoms with Gasteiger partial charge in [-0.2, -0.15) is 0 Å². The van der Waals surface area contributed by atoms with Crippen LogP contribution in [-0.4, -0.2) is 38.2 Å². The van der Waals surface area contributed by atoms with Crippen molar-refractivity contribution >= 4 is 11.9 Å². The molecule has 0 radical (unpaired) electrons. The largest absolute Gasteiger partial charge is 0.462 e. The molecule has 0 aromatic heterocycles. The molecule has 0 atom stereocenters. The van der Waals surface area contributed by atoms with E-state index in [4.69, 9.17) is 20.9 Å². The van der Waals surface area contributed by atoms with E-state index in [1.165, 1.54) is 12.8 Å². The van der Waals surface area contributed by atoms with E-state index < -0.39 is 0 Å². The molecule has 2 fully saturated rings. The lowest BCUT2D eigenvalue weighted by Gasteiger charge is -2.35. The minimum Gasteiger partial charge on any atom is -0.462 e. The van der Waals surface area contributed by atoms with Crippen molar-refractivity contribution < 1.29 is 19.1 Å². The van der Waals surface area contributed by atoms with Gasteiger partial charge in [-0.05, 0) is 49.6 Å². The molecule has 0 aliphatic heterocycles. The Balaban J connectivity index is 1.64. The maximum atomic E-state index is 12.1. The SMILES string of the molecule is NCC1(CC(=O)OCCOC(=O)CC2(CN)CCCCC2)CCCCC1. The molecule has 6 nitrogen and oxygen atoms in total. The summed E-state index contributed by atoms with van der Waals surface area (Å²) in [5.41, 5.74) is 11.6. The molecular weight excluding hydrogens is 332 g/mol. The number of hydrogen-bond donors (Lipinski definition) is 2. The van der Waals surface area contributed by atoms with Crippen LogP contribution in [0.3, 0.4) is 0 Å². The van der Waals surface area contributed by atoms with E-state index in [9.17, 15) is 9.59 Å². The summed E-state index contributed by atoms with van der Waals surface area (Å²) >= 11 is 0. The van der Waals surface area contributed by atoms with Gasteiger partial charge in [0.15, 0.2) is 0 Å². The van der Waals surface area contributed by atoms with Crippen molar-refractivity contribution in [1.29, 1.82) is 0 Å². The predicted octanol–water partition coefficient (Wildman–Crippen LogP) is 2.67. The smallest absolute Gasteiger partial charge is 0.306 e. The topological polar surface area (TPSA) is 105 Å². The fourth-order valence-corrected chi connectivity index (χ4v) is 4.54. The third-order valence-electron chi connectivity index (χ3n) is 6.34. The Morgan fingerprint density at radius 1 is 0.654 bits per heavy atom. The highest BCUT2D eigenvalue weighted by Gasteiger charge is 2.34. The Hall–Kier alpha value is -1.14. The maximum absolute atomic E-state index is 12.1. The van der Waals surface area contributed by atoms with Crippen LogP contribution in [0.15, 0.2) is 0 Å². The lowest BCUT2D eigenvalue weighted by Crippen LogP contribution is -2.36. The summed E-state index contributed by atoms with van der Waals surface area (Å²) < 4.78 is 10.5. The average molecular weight is 369 g/mol. The molecule has 2 aliphatic carbocycles. The van der Waals surface area contributed by atoms with E-state index in [2.05, 4.69) is 0 Å². The van der Waals surface area contributed by atoms with Gasteiger partial charge in [0, 0.05) is 0 Å². The van der Waals surface area contributed by atoms with Crippen molar-refractivity contribution in [2.45, 2.75) is 77.0 Å².